The highest BCUT2D eigenvalue weighted by atomic mass is 19.1. The molecule has 1 amide bonds. The molecular weight excluding hydrogens is 559 g/mol. The average molecular weight is 601 g/mol. The molecule has 5 aliphatic heterocycles. The number of nitrogens with zero attached hydrogens (tertiary/aromatic N) is 6. The van der Waals surface area contributed by atoms with Gasteiger partial charge in [-0.25, -0.2) is 9.18 Å². The van der Waals surface area contributed by atoms with Crippen molar-refractivity contribution < 1.29 is 19.0 Å². The van der Waals surface area contributed by atoms with Gasteiger partial charge >= 0.3 is 12.1 Å². The van der Waals surface area contributed by atoms with Gasteiger partial charge in [0, 0.05) is 49.2 Å². The van der Waals surface area contributed by atoms with E-state index in [0.29, 0.717) is 45.2 Å². The van der Waals surface area contributed by atoms with E-state index in [4.69, 9.17) is 14.7 Å². The number of anilines is 2. The standard InChI is InChI=1S/C34H41FN6O3/c1-2-22-6-3-7-23-8-4-9-29(30(22)23)38-15-12-27-28(20-38)36-32(44-21-34-13-5-14-40(34)17-24(35)16-34)37-31(27)39-18-25-10-11-26(19-39)41(25)33(42)43/h3-4,6-9,24-26H,2,5,10-21H2,1H3,(H,42,43)/t24?,25-,26+,34?. The van der Waals surface area contributed by atoms with E-state index in [1.54, 1.807) is 4.90 Å². The number of benzene rings is 2. The zero-order valence-corrected chi connectivity index (χ0v) is 25.4. The zero-order chi connectivity index (χ0) is 30.0. The van der Waals surface area contributed by atoms with Crippen molar-refractivity contribution >= 4 is 28.4 Å². The van der Waals surface area contributed by atoms with Crippen molar-refractivity contribution in [1.82, 2.24) is 19.8 Å². The smallest absolute Gasteiger partial charge is 0.407 e. The van der Waals surface area contributed by atoms with Crippen molar-refractivity contribution in [2.24, 2.45) is 0 Å². The molecule has 44 heavy (non-hydrogen) atoms. The molecule has 0 spiro atoms. The van der Waals surface area contributed by atoms with E-state index in [1.807, 2.05) is 0 Å². The first-order valence-corrected chi connectivity index (χ1v) is 16.4. The average Bonchev–Trinajstić information content (AvgIpc) is 3.65. The molecule has 5 aliphatic rings. The highest BCUT2D eigenvalue weighted by Gasteiger charge is 2.49. The van der Waals surface area contributed by atoms with Crippen LogP contribution < -0.4 is 14.5 Å². The fourth-order valence-corrected chi connectivity index (χ4v) is 8.91. The number of piperazine rings is 1. The molecule has 1 aromatic heterocycles. The largest absolute Gasteiger partial charge is 0.465 e. The van der Waals surface area contributed by atoms with Gasteiger partial charge in [-0.05, 0) is 62.1 Å². The molecule has 232 valence electrons. The van der Waals surface area contributed by atoms with Crippen LogP contribution in [0.4, 0.5) is 20.7 Å². The Morgan fingerprint density at radius 3 is 2.64 bits per heavy atom. The molecule has 8 rings (SSSR count). The van der Waals surface area contributed by atoms with Gasteiger partial charge in [0.2, 0.25) is 0 Å². The maximum atomic E-state index is 14.5. The number of alkyl halides is 1. The first kappa shape index (κ1) is 27.9. The molecule has 2 bridgehead atoms. The number of rotatable bonds is 6. The quantitative estimate of drug-likeness (QED) is 0.421. The van der Waals surface area contributed by atoms with Crippen LogP contribution in [0.3, 0.4) is 0 Å². The minimum absolute atomic E-state index is 0.0321. The predicted molar refractivity (Wildman–Crippen MR) is 168 cm³/mol. The lowest BCUT2D eigenvalue weighted by Gasteiger charge is -2.41. The highest BCUT2D eigenvalue weighted by Crippen LogP contribution is 2.42. The molecular formula is C34H41FN6O3. The van der Waals surface area contributed by atoms with Crippen LogP contribution >= 0.6 is 0 Å². The molecule has 2 aromatic carbocycles. The van der Waals surface area contributed by atoms with Crippen LogP contribution in [0, 0.1) is 0 Å². The summed E-state index contributed by atoms with van der Waals surface area (Å²) in [6.07, 6.45) is 4.36. The van der Waals surface area contributed by atoms with Crippen molar-refractivity contribution in [2.45, 2.75) is 82.2 Å². The van der Waals surface area contributed by atoms with E-state index in [2.05, 4.69) is 58.0 Å². The number of fused-ring (bicyclic) bond motifs is 5. The van der Waals surface area contributed by atoms with Crippen molar-refractivity contribution in [3.05, 3.63) is 53.2 Å². The number of amides is 1. The Hall–Kier alpha value is -3.66. The topological polar surface area (TPSA) is 85.3 Å². The molecule has 6 heterocycles. The Labute approximate surface area is 257 Å². The summed E-state index contributed by atoms with van der Waals surface area (Å²) in [6.45, 7) is 6.73. The Kier molecular flexibility index (Phi) is 6.81. The van der Waals surface area contributed by atoms with Crippen LogP contribution in [-0.2, 0) is 19.4 Å². The van der Waals surface area contributed by atoms with Crippen molar-refractivity contribution in [3.8, 4) is 6.01 Å². The maximum absolute atomic E-state index is 14.5. The van der Waals surface area contributed by atoms with Crippen LogP contribution in [0.2, 0.25) is 0 Å². The Morgan fingerprint density at radius 1 is 1.07 bits per heavy atom. The van der Waals surface area contributed by atoms with Gasteiger partial charge in [0.25, 0.3) is 0 Å². The Morgan fingerprint density at radius 2 is 1.86 bits per heavy atom. The van der Waals surface area contributed by atoms with Crippen molar-refractivity contribution in [1.29, 1.82) is 0 Å². The summed E-state index contributed by atoms with van der Waals surface area (Å²) >= 11 is 0. The fourth-order valence-electron chi connectivity index (χ4n) is 8.91. The van der Waals surface area contributed by atoms with E-state index in [9.17, 15) is 14.3 Å². The van der Waals surface area contributed by atoms with Crippen LogP contribution in [-0.4, -0.2) is 94.1 Å². The monoisotopic (exact) mass is 600 g/mol. The molecule has 9 nitrogen and oxygen atoms in total. The summed E-state index contributed by atoms with van der Waals surface area (Å²) in [5, 5.41) is 12.4. The normalized spacial score (nSPS) is 28.0. The van der Waals surface area contributed by atoms with Crippen LogP contribution in [0.1, 0.15) is 55.8 Å². The van der Waals surface area contributed by atoms with Crippen LogP contribution in [0.25, 0.3) is 10.8 Å². The number of ether oxygens (including phenoxy) is 1. The van der Waals surface area contributed by atoms with E-state index < -0.39 is 12.3 Å². The third-order valence-corrected chi connectivity index (χ3v) is 10.9. The van der Waals surface area contributed by atoms with E-state index in [1.165, 1.54) is 22.0 Å². The Bertz CT molecular complexity index is 1580. The molecule has 1 N–H and O–H groups in total. The van der Waals surface area contributed by atoms with Gasteiger partial charge in [-0.15, -0.1) is 0 Å². The molecule has 0 radical (unpaired) electrons. The summed E-state index contributed by atoms with van der Waals surface area (Å²) in [7, 11) is 0. The number of hydrogen-bond acceptors (Lipinski definition) is 7. The van der Waals surface area contributed by atoms with Crippen LogP contribution in [0.5, 0.6) is 6.01 Å². The fraction of sp³-hybridized carbons (Fsp3) is 0.559. The Balaban J connectivity index is 1.14. The molecule has 2 unspecified atom stereocenters. The third kappa shape index (κ3) is 4.55. The van der Waals surface area contributed by atoms with Gasteiger partial charge in [-0.3, -0.25) is 9.80 Å². The summed E-state index contributed by atoms with van der Waals surface area (Å²) < 4.78 is 20.9. The molecule has 0 saturated carbocycles. The predicted octanol–water partition coefficient (Wildman–Crippen LogP) is 5.04. The first-order valence-electron chi connectivity index (χ1n) is 16.4. The second kappa shape index (κ2) is 10.8. The number of carbonyl (C=O) groups is 1. The highest BCUT2D eigenvalue weighted by molar-refractivity contribution is 5.97. The number of aryl methyl sites for hydroxylation is 1. The van der Waals surface area contributed by atoms with Crippen molar-refractivity contribution in [2.75, 3.05) is 49.1 Å². The summed E-state index contributed by atoms with van der Waals surface area (Å²) in [6, 6.07) is 13.4. The van der Waals surface area contributed by atoms with E-state index in [-0.39, 0.29) is 17.6 Å². The van der Waals surface area contributed by atoms with Gasteiger partial charge in [0.1, 0.15) is 18.6 Å². The minimum atomic E-state index is -0.828. The molecule has 4 fully saturated rings. The zero-order valence-electron chi connectivity index (χ0n) is 25.4. The third-order valence-electron chi connectivity index (χ3n) is 10.9. The lowest BCUT2D eigenvalue weighted by molar-refractivity contribution is 0.106. The van der Waals surface area contributed by atoms with Gasteiger partial charge in [0.15, 0.2) is 0 Å². The second-order valence-electron chi connectivity index (χ2n) is 13.4. The number of halogens is 1. The number of hydrogen-bond donors (Lipinski definition) is 1. The molecule has 0 aliphatic carbocycles. The molecule has 3 aromatic rings. The van der Waals surface area contributed by atoms with Gasteiger partial charge in [-0.2, -0.15) is 9.97 Å². The van der Waals surface area contributed by atoms with E-state index >= 15 is 0 Å². The summed E-state index contributed by atoms with van der Waals surface area (Å²) in [5.41, 5.74) is 4.38. The van der Waals surface area contributed by atoms with E-state index in [0.717, 1.165) is 68.7 Å². The van der Waals surface area contributed by atoms with Gasteiger partial charge < -0.3 is 19.6 Å². The van der Waals surface area contributed by atoms with Gasteiger partial charge in [-0.1, -0.05) is 37.3 Å². The lowest BCUT2D eigenvalue weighted by atomic mass is 9.95. The first-order chi connectivity index (χ1) is 21.4. The molecule has 4 atom stereocenters. The molecule has 4 saturated heterocycles. The second-order valence-corrected chi connectivity index (χ2v) is 13.4. The van der Waals surface area contributed by atoms with Gasteiger partial charge in [0.05, 0.1) is 29.9 Å². The number of carboxylic acid groups (broad SMARTS) is 1. The SMILES string of the molecule is CCc1cccc2cccc(N3CCc4c(nc(OCC56CCCN5CC(F)C6)nc4N4C[C@H]5CC[C@@H](C4)N5C(=O)O)C3)c12. The maximum Gasteiger partial charge on any atom is 0.407 e. The molecule has 10 heteroatoms. The summed E-state index contributed by atoms with van der Waals surface area (Å²) in [5.74, 6) is 0.884. The minimum Gasteiger partial charge on any atom is -0.465 e. The summed E-state index contributed by atoms with van der Waals surface area (Å²) in [4.78, 5) is 30.7. The lowest BCUT2D eigenvalue weighted by Crippen LogP contribution is -2.56. The van der Waals surface area contributed by atoms with Crippen molar-refractivity contribution in [3.63, 3.8) is 0 Å². The van der Waals surface area contributed by atoms with Crippen LogP contribution in [0.15, 0.2) is 36.4 Å². The number of aromatic nitrogens is 2.